The molecule has 0 fully saturated rings. The first-order chi connectivity index (χ1) is 14.6. The maximum Gasteiger partial charge on any atom is 0.263 e. The largest absolute Gasteiger partial charge is 0.272 e. The Morgan fingerprint density at radius 1 is 1.03 bits per heavy atom. The van der Waals surface area contributed by atoms with Crippen molar-refractivity contribution in [1.29, 1.82) is 0 Å². The zero-order valence-corrected chi connectivity index (χ0v) is 18.2. The van der Waals surface area contributed by atoms with Crippen LogP contribution >= 0.6 is 23.1 Å². The van der Waals surface area contributed by atoms with Gasteiger partial charge in [-0.1, -0.05) is 53.7 Å². The summed E-state index contributed by atoms with van der Waals surface area (Å²) >= 11 is 3.22. The molecule has 0 aliphatic rings. The van der Waals surface area contributed by atoms with Gasteiger partial charge < -0.3 is 0 Å². The zero-order chi connectivity index (χ0) is 20.7. The maximum absolute atomic E-state index is 13.3. The van der Waals surface area contributed by atoms with Crippen molar-refractivity contribution in [2.24, 2.45) is 0 Å². The van der Waals surface area contributed by atoms with E-state index in [0.717, 1.165) is 26.9 Å². The molecule has 3 aromatic heterocycles. The Bertz CT molecular complexity index is 1420. The maximum atomic E-state index is 13.3. The lowest BCUT2D eigenvalue weighted by Gasteiger charge is -2.11. The van der Waals surface area contributed by atoms with Gasteiger partial charge in [0.25, 0.3) is 5.56 Å². The molecule has 0 unspecified atom stereocenters. The average Bonchev–Trinajstić information content (AvgIpc) is 3.37. The Balaban J connectivity index is 1.64. The van der Waals surface area contributed by atoms with Crippen LogP contribution in [0.5, 0.6) is 0 Å². The summed E-state index contributed by atoms with van der Waals surface area (Å²) in [5.74, 6) is 1.26. The van der Waals surface area contributed by atoms with Gasteiger partial charge in [0, 0.05) is 11.1 Å². The zero-order valence-electron chi connectivity index (χ0n) is 16.6. The van der Waals surface area contributed by atoms with E-state index in [9.17, 15) is 4.79 Å². The fraction of sp³-hybridized carbons (Fsp3) is 0.182. The fourth-order valence-electron chi connectivity index (χ4n) is 3.46. The summed E-state index contributed by atoms with van der Waals surface area (Å²) in [6, 6.07) is 15.8. The molecule has 0 aliphatic carbocycles. The van der Waals surface area contributed by atoms with Crippen LogP contribution < -0.4 is 5.56 Å². The molecule has 0 amide bonds. The smallest absolute Gasteiger partial charge is 0.263 e. The van der Waals surface area contributed by atoms with E-state index in [0.29, 0.717) is 23.5 Å². The van der Waals surface area contributed by atoms with Gasteiger partial charge in [-0.05, 0) is 31.5 Å². The number of thioether (sulfide) groups is 1. The second kappa shape index (κ2) is 7.70. The molecule has 0 saturated carbocycles. The molecule has 0 radical (unpaired) electrons. The number of benzene rings is 2. The van der Waals surface area contributed by atoms with Crippen LogP contribution in [-0.2, 0) is 12.3 Å². The number of fused-ring (bicyclic) bond motifs is 3. The number of aromatic nitrogens is 5. The van der Waals surface area contributed by atoms with Crippen LogP contribution in [0.15, 0.2) is 63.9 Å². The molecule has 150 valence electrons. The quantitative estimate of drug-likeness (QED) is 0.383. The van der Waals surface area contributed by atoms with Crippen LogP contribution in [0.1, 0.15) is 21.8 Å². The van der Waals surface area contributed by atoms with Crippen molar-refractivity contribution < 1.29 is 0 Å². The van der Waals surface area contributed by atoms with E-state index in [1.54, 1.807) is 27.7 Å². The standard InChI is InChI=1S/C22H19N5OS2/c1-14-7-9-16(10-8-14)11-26-20(28)18-5-3-4-6-19(18)27-21(26)24-25-22(27)30-13-17-12-29-15(2)23-17/h3-10,12H,11,13H2,1-2H3. The lowest BCUT2D eigenvalue weighted by atomic mass is 10.1. The normalized spacial score (nSPS) is 11.5. The fourth-order valence-corrected chi connectivity index (χ4v) is 5.01. The Hall–Kier alpha value is -2.97. The number of nitrogens with zero attached hydrogens (tertiary/aromatic N) is 5. The molecule has 2 aromatic carbocycles. The van der Waals surface area contributed by atoms with Gasteiger partial charge in [-0.2, -0.15) is 0 Å². The first-order valence-corrected chi connectivity index (χ1v) is 11.4. The molecule has 0 aliphatic heterocycles. The topological polar surface area (TPSA) is 65.1 Å². The summed E-state index contributed by atoms with van der Waals surface area (Å²) in [6.45, 7) is 4.50. The third kappa shape index (κ3) is 3.42. The van der Waals surface area contributed by atoms with Gasteiger partial charge in [0.2, 0.25) is 5.78 Å². The number of hydrogen-bond acceptors (Lipinski definition) is 6. The highest BCUT2D eigenvalue weighted by Crippen LogP contribution is 2.25. The molecule has 5 rings (SSSR count). The second-order valence-electron chi connectivity index (χ2n) is 7.16. The van der Waals surface area contributed by atoms with Gasteiger partial charge in [-0.15, -0.1) is 21.5 Å². The summed E-state index contributed by atoms with van der Waals surface area (Å²) in [5.41, 5.74) is 4.03. The summed E-state index contributed by atoms with van der Waals surface area (Å²) < 4.78 is 3.69. The van der Waals surface area contributed by atoms with Gasteiger partial charge in [-0.25, -0.2) is 4.98 Å². The molecule has 0 bridgehead atoms. The third-order valence-electron chi connectivity index (χ3n) is 4.96. The number of rotatable bonds is 5. The highest BCUT2D eigenvalue weighted by Gasteiger charge is 2.17. The Morgan fingerprint density at radius 3 is 2.60 bits per heavy atom. The average molecular weight is 434 g/mol. The van der Waals surface area contributed by atoms with Gasteiger partial charge in [0.15, 0.2) is 5.16 Å². The lowest BCUT2D eigenvalue weighted by Crippen LogP contribution is -2.24. The van der Waals surface area contributed by atoms with Crippen LogP contribution in [-0.4, -0.2) is 24.1 Å². The minimum Gasteiger partial charge on any atom is -0.272 e. The highest BCUT2D eigenvalue weighted by molar-refractivity contribution is 7.98. The van der Waals surface area contributed by atoms with Crippen LogP contribution in [0, 0.1) is 13.8 Å². The van der Waals surface area contributed by atoms with E-state index in [2.05, 4.69) is 39.6 Å². The number of thiazole rings is 1. The predicted octanol–water partition coefficient (Wildman–Crippen LogP) is 4.46. The summed E-state index contributed by atoms with van der Waals surface area (Å²) in [7, 11) is 0. The molecule has 0 atom stereocenters. The number of hydrogen-bond donors (Lipinski definition) is 0. The Labute approximate surface area is 181 Å². The van der Waals surface area contributed by atoms with Gasteiger partial charge >= 0.3 is 0 Å². The van der Waals surface area contributed by atoms with E-state index in [4.69, 9.17) is 0 Å². The van der Waals surface area contributed by atoms with E-state index >= 15 is 0 Å². The van der Waals surface area contributed by atoms with Gasteiger partial charge in [0.1, 0.15) is 0 Å². The molecule has 3 heterocycles. The minimum absolute atomic E-state index is 0.0576. The molecule has 6 nitrogen and oxygen atoms in total. The molecule has 5 aromatic rings. The van der Waals surface area contributed by atoms with Gasteiger partial charge in [0.05, 0.1) is 28.1 Å². The summed E-state index contributed by atoms with van der Waals surface area (Å²) in [6.07, 6.45) is 0. The monoisotopic (exact) mass is 433 g/mol. The van der Waals surface area contributed by atoms with Crippen LogP contribution in [0.2, 0.25) is 0 Å². The SMILES string of the molecule is Cc1ccc(Cn2c(=O)c3ccccc3n3c(SCc4csc(C)n4)nnc23)cc1. The van der Waals surface area contributed by atoms with Crippen molar-refractivity contribution in [2.45, 2.75) is 31.3 Å². The number of para-hydroxylation sites is 1. The van der Waals surface area contributed by atoms with Gasteiger partial charge in [-0.3, -0.25) is 13.8 Å². The molecular weight excluding hydrogens is 414 g/mol. The van der Waals surface area contributed by atoms with Crippen molar-refractivity contribution in [3.05, 3.63) is 86.1 Å². The van der Waals surface area contributed by atoms with Crippen molar-refractivity contribution in [1.82, 2.24) is 24.1 Å². The molecule has 0 saturated heterocycles. The highest BCUT2D eigenvalue weighted by atomic mass is 32.2. The number of aryl methyl sites for hydroxylation is 2. The van der Waals surface area contributed by atoms with E-state index < -0.39 is 0 Å². The van der Waals surface area contributed by atoms with Crippen LogP contribution in [0.4, 0.5) is 0 Å². The Kier molecular flexibility index (Phi) is 4.88. The van der Waals surface area contributed by atoms with Crippen molar-refractivity contribution in [2.75, 3.05) is 0 Å². The third-order valence-corrected chi connectivity index (χ3v) is 6.74. The molecule has 0 N–H and O–H groups in total. The molecule has 0 spiro atoms. The van der Waals surface area contributed by atoms with E-state index in [1.165, 1.54) is 5.56 Å². The first kappa shape index (κ1) is 19.0. The van der Waals surface area contributed by atoms with E-state index in [-0.39, 0.29) is 5.56 Å². The Morgan fingerprint density at radius 2 is 1.83 bits per heavy atom. The predicted molar refractivity (Wildman–Crippen MR) is 121 cm³/mol. The summed E-state index contributed by atoms with van der Waals surface area (Å²) in [5, 5.41) is 13.3. The van der Waals surface area contributed by atoms with Crippen LogP contribution in [0.3, 0.4) is 0 Å². The van der Waals surface area contributed by atoms with Crippen molar-refractivity contribution in [3.8, 4) is 0 Å². The molecule has 8 heteroatoms. The summed E-state index contributed by atoms with van der Waals surface area (Å²) in [4.78, 5) is 17.8. The van der Waals surface area contributed by atoms with E-state index in [1.807, 2.05) is 47.7 Å². The lowest BCUT2D eigenvalue weighted by molar-refractivity contribution is 0.763. The molecular formula is C22H19N5OS2. The first-order valence-electron chi connectivity index (χ1n) is 9.56. The van der Waals surface area contributed by atoms with Crippen molar-refractivity contribution in [3.63, 3.8) is 0 Å². The van der Waals surface area contributed by atoms with Crippen LogP contribution in [0.25, 0.3) is 16.7 Å². The molecule has 30 heavy (non-hydrogen) atoms. The van der Waals surface area contributed by atoms with Crippen molar-refractivity contribution >= 4 is 39.8 Å². The minimum atomic E-state index is -0.0576. The second-order valence-corrected chi connectivity index (χ2v) is 9.16.